The number of aromatic nitrogens is 1. The minimum Gasteiger partial charge on any atom is -0.454 e. The van der Waals surface area contributed by atoms with Gasteiger partial charge in [0.25, 0.3) is 0 Å². The number of hydrogen-bond acceptors (Lipinski definition) is 4. The molecule has 2 aromatic heterocycles. The molecule has 7 unspecified atom stereocenters. The van der Waals surface area contributed by atoms with Crippen LogP contribution in [0.3, 0.4) is 0 Å². The van der Waals surface area contributed by atoms with Gasteiger partial charge in [0.05, 0.1) is 17.1 Å². The van der Waals surface area contributed by atoms with Crippen molar-refractivity contribution in [3.8, 4) is 11.1 Å². The van der Waals surface area contributed by atoms with Gasteiger partial charge in [0, 0.05) is 40.0 Å². The van der Waals surface area contributed by atoms with Crippen molar-refractivity contribution in [1.29, 1.82) is 0 Å². The molecule has 68 heavy (non-hydrogen) atoms. The van der Waals surface area contributed by atoms with Gasteiger partial charge in [-0.05, 0) is 129 Å². The molecule has 0 radical (unpaired) electrons. The highest BCUT2D eigenvalue weighted by atomic mass is 16.3. The van der Waals surface area contributed by atoms with Crippen molar-refractivity contribution >= 4 is 44.8 Å². The highest BCUT2D eigenvalue weighted by Crippen LogP contribution is 2.78. The van der Waals surface area contributed by atoms with Crippen molar-refractivity contribution in [1.82, 2.24) is 4.98 Å². The van der Waals surface area contributed by atoms with Crippen LogP contribution >= 0.6 is 0 Å². The van der Waals surface area contributed by atoms with Crippen LogP contribution in [-0.4, -0.2) is 11.0 Å². The number of hydrogen-bond donors (Lipinski definition) is 0. The van der Waals surface area contributed by atoms with Gasteiger partial charge in [0.1, 0.15) is 11.4 Å². The topological polar surface area (TPSA) is 32.5 Å². The van der Waals surface area contributed by atoms with Gasteiger partial charge in [-0.2, -0.15) is 0 Å². The minimum atomic E-state index is -0.505. The molecule has 4 heteroatoms. The maximum absolute atomic E-state index is 7.40. The molecule has 1 aliphatic heterocycles. The third kappa shape index (κ3) is 4.77. The predicted octanol–water partition coefficient (Wildman–Crippen LogP) is 15.3. The lowest BCUT2D eigenvalue weighted by Gasteiger charge is -2.60. The van der Waals surface area contributed by atoms with E-state index in [-0.39, 0.29) is 35.1 Å². The van der Waals surface area contributed by atoms with E-state index < -0.39 is 5.41 Å². The summed E-state index contributed by atoms with van der Waals surface area (Å²) in [6, 6.07) is 54.4. The van der Waals surface area contributed by atoms with Gasteiger partial charge >= 0.3 is 0 Å². The SMILES string of the molecule is Cc1ccc(N(C2=CC3c4ccccc4N(c4ccccc4)C3C=C2)c2cc3c(c4c2oc2ccccc24)C2C4C=CC=CC4C4C=CC=CC4[C@@]2(C)C32c3ccccc3-c3ccccc32)nc1. The van der Waals surface area contributed by atoms with Crippen molar-refractivity contribution in [2.45, 2.75) is 37.1 Å². The number of fused-ring (bicyclic) bond motifs is 22. The Balaban J connectivity index is 1.06. The van der Waals surface area contributed by atoms with E-state index >= 15 is 0 Å². The Hall–Kier alpha value is -7.69. The molecule has 1 saturated carbocycles. The molecule has 6 aliphatic carbocycles. The Morgan fingerprint density at radius 1 is 0.647 bits per heavy atom. The lowest BCUT2D eigenvalue weighted by Crippen LogP contribution is -2.56. The monoisotopic (exact) mass is 875 g/mol. The molecule has 0 amide bonds. The summed E-state index contributed by atoms with van der Waals surface area (Å²) in [4.78, 5) is 10.2. The first-order valence-corrected chi connectivity index (χ1v) is 24.5. The Bertz CT molecular complexity index is 3580. The molecule has 6 aromatic carbocycles. The maximum Gasteiger partial charge on any atom is 0.159 e. The van der Waals surface area contributed by atoms with Gasteiger partial charge in [-0.25, -0.2) is 4.98 Å². The normalized spacial score (nSPS) is 26.8. The van der Waals surface area contributed by atoms with Crippen LogP contribution in [0.2, 0.25) is 0 Å². The number of rotatable bonds is 4. The number of allylic oxidation sites excluding steroid dienone is 9. The fourth-order valence-corrected chi connectivity index (χ4v) is 15.0. The lowest BCUT2D eigenvalue weighted by molar-refractivity contribution is 0.00347. The number of furan rings is 1. The van der Waals surface area contributed by atoms with E-state index in [0.29, 0.717) is 11.8 Å². The van der Waals surface area contributed by atoms with Crippen LogP contribution in [0.15, 0.2) is 229 Å². The molecular formula is C64H49N3O. The summed E-state index contributed by atoms with van der Waals surface area (Å²) in [5.41, 5.74) is 16.3. The molecule has 326 valence electrons. The zero-order valence-corrected chi connectivity index (χ0v) is 38.1. The highest BCUT2D eigenvalue weighted by molar-refractivity contribution is 6.13. The number of pyridine rings is 1. The van der Waals surface area contributed by atoms with E-state index in [1.165, 1.54) is 61.1 Å². The standard InChI is InChI=1S/C64H49N3O/c1-39-32-35-58(65-38-39)67(41-33-34-55-49(36-41)46-24-11-16-30-54(46)66(55)40-18-4-3-5-19-40)56-37-53-60(59-48-26-12-17-31-57(48)68-62(56)59)61-47-25-7-6-20-42(47)43-21-8-13-27-50(43)63(61,2)64(53)51-28-14-9-22-44(51)45-23-10-15-29-52(45)64/h3-38,42-43,47,49-50,55,61H,1-2H3/t42?,43?,47?,49?,50?,55?,61?,63-/m1/s1. The van der Waals surface area contributed by atoms with E-state index in [0.717, 1.165) is 33.9 Å². The summed E-state index contributed by atoms with van der Waals surface area (Å²) in [6.45, 7) is 4.80. The molecule has 0 saturated heterocycles. The Morgan fingerprint density at radius 2 is 1.34 bits per heavy atom. The summed E-state index contributed by atoms with van der Waals surface area (Å²) in [5, 5.41) is 2.40. The summed E-state index contributed by atoms with van der Waals surface area (Å²) in [5.74, 6) is 2.36. The second kappa shape index (κ2) is 13.9. The molecule has 0 N–H and O–H groups in total. The van der Waals surface area contributed by atoms with Crippen molar-refractivity contribution in [3.05, 3.63) is 258 Å². The van der Waals surface area contributed by atoms with Gasteiger partial charge in [0.2, 0.25) is 0 Å². The Kier molecular flexibility index (Phi) is 7.87. The summed E-state index contributed by atoms with van der Waals surface area (Å²) in [7, 11) is 0. The molecule has 0 bridgehead atoms. The van der Waals surface area contributed by atoms with E-state index in [9.17, 15) is 0 Å². The fourth-order valence-electron chi connectivity index (χ4n) is 15.0. The van der Waals surface area contributed by atoms with E-state index in [4.69, 9.17) is 9.40 Å². The van der Waals surface area contributed by atoms with Crippen molar-refractivity contribution in [3.63, 3.8) is 0 Å². The minimum absolute atomic E-state index is 0.104. The van der Waals surface area contributed by atoms with E-state index in [2.05, 4.69) is 236 Å². The van der Waals surface area contributed by atoms with E-state index in [1.807, 2.05) is 6.20 Å². The molecular weight excluding hydrogens is 827 g/mol. The summed E-state index contributed by atoms with van der Waals surface area (Å²) in [6.07, 6.45) is 28.7. The average molecular weight is 876 g/mol. The molecule has 3 heterocycles. The third-order valence-electron chi connectivity index (χ3n) is 17.4. The van der Waals surface area contributed by atoms with Crippen LogP contribution < -0.4 is 9.80 Å². The number of nitrogens with zero attached hydrogens (tertiary/aromatic N) is 3. The largest absolute Gasteiger partial charge is 0.454 e. The maximum atomic E-state index is 7.40. The number of anilines is 4. The molecule has 8 atom stereocenters. The Morgan fingerprint density at radius 3 is 2.13 bits per heavy atom. The smallest absolute Gasteiger partial charge is 0.159 e. The first-order valence-electron chi connectivity index (χ1n) is 24.5. The van der Waals surface area contributed by atoms with Gasteiger partial charge in [-0.1, -0.05) is 177 Å². The van der Waals surface area contributed by atoms with Crippen LogP contribution in [0, 0.1) is 36.0 Å². The number of benzene rings is 6. The van der Waals surface area contributed by atoms with Crippen molar-refractivity contribution < 1.29 is 4.42 Å². The van der Waals surface area contributed by atoms with Gasteiger partial charge in [-0.3, -0.25) is 4.90 Å². The second-order valence-electron chi connectivity index (χ2n) is 20.3. The molecule has 4 nitrogen and oxygen atoms in total. The zero-order chi connectivity index (χ0) is 44.9. The second-order valence-corrected chi connectivity index (χ2v) is 20.3. The third-order valence-corrected chi connectivity index (χ3v) is 17.4. The molecule has 15 rings (SSSR count). The van der Waals surface area contributed by atoms with Crippen molar-refractivity contribution in [2.75, 3.05) is 9.80 Å². The molecule has 7 aliphatic rings. The fraction of sp³-hybridized carbons (Fsp3) is 0.172. The van der Waals surface area contributed by atoms with Gasteiger partial charge < -0.3 is 9.32 Å². The molecule has 1 fully saturated rings. The molecule has 1 spiro atoms. The predicted molar refractivity (Wildman–Crippen MR) is 277 cm³/mol. The highest BCUT2D eigenvalue weighted by Gasteiger charge is 2.72. The molecule has 8 aromatic rings. The average Bonchev–Trinajstić information content (AvgIpc) is 4.10. The number of para-hydroxylation sites is 3. The first-order chi connectivity index (χ1) is 33.6. The van der Waals surface area contributed by atoms with Gasteiger partial charge in [-0.15, -0.1) is 0 Å². The van der Waals surface area contributed by atoms with Crippen LogP contribution in [0.4, 0.5) is 22.9 Å². The van der Waals surface area contributed by atoms with Gasteiger partial charge in [0.15, 0.2) is 5.58 Å². The Labute approximate surface area is 397 Å². The summed E-state index contributed by atoms with van der Waals surface area (Å²) >= 11 is 0. The first kappa shape index (κ1) is 38.4. The van der Waals surface area contributed by atoms with Crippen molar-refractivity contribution in [2.24, 2.45) is 29.1 Å². The summed E-state index contributed by atoms with van der Waals surface area (Å²) < 4.78 is 7.40. The van der Waals surface area contributed by atoms with Crippen LogP contribution in [0.1, 0.15) is 52.1 Å². The van der Waals surface area contributed by atoms with Crippen LogP contribution in [0.25, 0.3) is 33.1 Å². The zero-order valence-electron chi connectivity index (χ0n) is 38.1. The quantitative estimate of drug-likeness (QED) is 0.176. The van der Waals surface area contributed by atoms with Crippen LogP contribution in [0.5, 0.6) is 0 Å². The van der Waals surface area contributed by atoms with Crippen LogP contribution in [-0.2, 0) is 5.41 Å². The van der Waals surface area contributed by atoms with E-state index in [1.54, 1.807) is 0 Å². The lowest BCUT2D eigenvalue weighted by atomic mass is 9.42. The number of aryl methyl sites for hydroxylation is 1.